The van der Waals surface area contributed by atoms with Gasteiger partial charge in [-0.3, -0.25) is 4.98 Å². The average Bonchev–Trinajstić information content (AvgIpc) is 2.85. The van der Waals surface area contributed by atoms with Gasteiger partial charge in [-0.05, 0) is 18.6 Å². The summed E-state index contributed by atoms with van der Waals surface area (Å²) in [5.74, 6) is 0. The third kappa shape index (κ3) is 2.64. The molecule has 0 unspecified atom stereocenters. The van der Waals surface area contributed by atoms with Gasteiger partial charge in [0.2, 0.25) is 0 Å². The summed E-state index contributed by atoms with van der Waals surface area (Å²) in [5, 5.41) is 4.66. The summed E-state index contributed by atoms with van der Waals surface area (Å²) in [7, 11) is 0. The van der Waals surface area contributed by atoms with Gasteiger partial charge in [0.15, 0.2) is 0 Å². The van der Waals surface area contributed by atoms with E-state index >= 15 is 0 Å². The minimum atomic E-state index is 0.825. The highest BCUT2D eigenvalue weighted by molar-refractivity contribution is 7.09. The number of fused-ring (bicyclic) bond motifs is 1. The molecule has 1 N–H and O–H groups in total. The van der Waals surface area contributed by atoms with Crippen molar-refractivity contribution >= 4 is 22.2 Å². The molecule has 19 heavy (non-hydrogen) atoms. The molecule has 0 fully saturated rings. The number of pyridine rings is 1. The lowest BCUT2D eigenvalue weighted by molar-refractivity contribution is 0.699. The summed E-state index contributed by atoms with van der Waals surface area (Å²) < 4.78 is 0. The van der Waals surface area contributed by atoms with Gasteiger partial charge in [-0.2, -0.15) is 0 Å². The van der Waals surface area contributed by atoms with Gasteiger partial charge in [0.05, 0.1) is 16.7 Å². The molecule has 4 heteroatoms. The standard InChI is InChI=1S/C15H15N3S/c1-11-14(19-10-18-11)9-16-8-13-5-2-4-12-6-3-7-17-15(12)13/h2-7,10,16H,8-9H2,1H3. The van der Waals surface area contributed by atoms with E-state index in [1.807, 2.05) is 24.7 Å². The number of aryl methyl sites for hydroxylation is 1. The topological polar surface area (TPSA) is 37.8 Å². The lowest BCUT2D eigenvalue weighted by atomic mass is 10.1. The van der Waals surface area contributed by atoms with Gasteiger partial charge in [-0.15, -0.1) is 11.3 Å². The van der Waals surface area contributed by atoms with Crippen LogP contribution in [-0.4, -0.2) is 9.97 Å². The number of hydrogen-bond donors (Lipinski definition) is 1. The Bertz CT molecular complexity index is 685. The third-order valence-electron chi connectivity index (χ3n) is 3.16. The van der Waals surface area contributed by atoms with Crippen LogP contribution < -0.4 is 5.32 Å². The van der Waals surface area contributed by atoms with E-state index in [9.17, 15) is 0 Å². The van der Waals surface area contributed by atoms with E-state index in [4.69, 9.17) is 0 Å². The van der Waals surface area contributed by atoms with Crippen LogP contribution in [0.1, 0.15) is 16.1 Å². The smallest absolute Gasteiger partial charge is 0.0798 e. The van der Waals surface area contributed by atoms with Crippen LogP contribution in [0.5, 0.6) is 0 Å². The van der Waals surface area contributed by atoms with Crippen LogP contribution >= 0.6 is 11.3 Å². The lowest BCUT2D eigenvalue weighted by Gasteiger charge is -2.07. The molecule has 96 valence electrons. The molecule has 1 aromatic carbocycles. The van der Waals surface area contributed by atoms with Crippen LogP contribution in [0.3, 0.4) is 0 Å². The van der Waals surface area contributed by atoms with Crippen LogP contribution in [0.15, 0.2) is 42.0 Å². The maximum Gasteiger partial charge on any atom is 0.0798 e. The van der Waals surface area contributed by atoms with E-state index in [0.717, 1.165) is 24.3 Å². The summed E-state index contributed by atoms with van der Waals surface area (Å²) in [6, 6.07) is 10.4. The van der Waals surface area contributed by atoms with Crippen LogP contribution in [0.2, 0.25) is 0 Å². The largest absolute Gasteiger partial charge is 0.308 e. The van der Waals surface area contributed by atoms with Crippen molar-refractivity contribution in [2.75, 3.05) is 0 Å². The quantitative estimate of drug-likeness (QED) is 0.789. The Morgan fingerprint density at radius 2 is 2.00 bits per heavy atom. The number of rotatable bonds is 4. The van der Waals surface area contributed by atoms with E-state index in [1.165, 1.54) is 15.8 Å². The molecule has 0 saturated heterocycles. The summed E-state index contributed by atoms with van der Waals surface area (Å²) in [4.78, 5) is 10.0. The van der Waals surface area contributed by atoms with Crippen molar-refractivity contribution in [3.05, 3.63) is 58.2 Å². The molecule has 2 heterocycles. The molecule has 0 aliphatic heterocycles. The van der Waals surface area contributed by atoms with E-state index in [0.29, 0.717) is 0 Å². The molecule has 0 spiro atoms. The molecule has 0 bridgehead atoms. The molecule has 3 rings (SSSR count). The van der Waals surface area contributed by atoms with Crippen LogP contribution in [0, 0.1) is 6.92 Å². The second kappa shape index (κ2) is 5.47. The van der Waals surface area contributed by atoms with Gasteiger partial charge in [-0.25, -0.2) is 4.98 Å². The number of nitrogens with zero attached hydrogens (tertiary/aromatic N) is 2. The fourth-order valence-electron chi connectivity index (χ4n) is 2.12. The Morgan fingerprint density at radius 1 is 1.11 bits per heavy atom. The van der Waals surface area contributed by atoms with E-state index < -0.39 is 0 Å². The van der Waals surface area contributed by atoms with Gasteiger partial charge >= 0.3 is 0 Å². The fraction of sp³-hybridized carbons (Fsp3) is 0.200. The second-order valence-corrected chi connectivity index (χ2v) is 5.40. The number of para-hydroxylation sites is 1. The molecule has 0 aliphatic carbocycles. The number of hydrogen-bond acceptors (Lipinski definition) is 4. The molecule has 3 aromatic rings. The van der Waals surface area contributed by atoms with Crippen molar-refractivity contribution < 1.29 is 0 Å². The highest BCUT2D eigenvalue weighted by atomic mass is 32.1. The number of aromatic nitrogens is 2. The van der Waals surface area contributed by atoms with E-state index in [-0.39, 0.29) is 0 Å². The first-order valence-corrected chi connectivity index (χ1v) is 7.15. The zero-order valence-corrected chi connectivity index (χ0v) is 11.6. The van der Waals surface area contributed by atoms with Crippen molar-refractivity contribution in [3.63, 3.8) is 0 Å². The van der Waals surface area contributed by atoms with Gasteiger partial charge in [0.25, 0.3) is 0 Å². The van der Waals surface area contributed by atoms with Crippen LogP contribution in [-0.2, 0) is 13.1 Å². The highest BCUT2D eigenvalue weighted by Crippen LogP contribution is 2.16. The molecule has 0 saturated carbocycles. The SMILES string of the molecule is Cc1ncsc1CNCc1cccc2cccnc12. The molecule has 0 atom stereocenters. The number of nitrogens with one attached hydrogen (secondary N) is 1. The monoisotopic (exact) mass is 269 g/mol. The number of benzene rings is 1. The van der Waals surface area contributed by atoms with Gasteiger partial charge in [0.1, 0.15) is 0 Å². The van der Waals surface area contributed by atoms with Crippen molar-refractivity contribution in [1.29, 1.82) is 0 Å². The molecule has 0 aliphatic rings. The average molecular weight is 269 g/mol. The minimum absolute atomic E-state index is 0.825. The predicted octanol–water partition coefficient (Wildman–Crippen LogP) is 3.29. The summed E-state index contributed by atoms with van der Waals surface area (Å²) in [5.41, 5.74) is 5.33. The maximum absolute atomic E-state index is 4.46. The Kier molecular flexibility index (Phi) is 3.53. The normalized spacial score (nSPS) is 11.0. The van der Waals surface area contributed by atoms with Crippen LogP contribution in [0.25, 0.3) is 10.9 Å². The number of thiazole rings is 1. The minimum Gasteiger partial charge on any atom is -0.308 e. The zero-order chi connectivity index (χ0) is 13.1. The zero-order valence-electron chi connectivity index (χ0n) is 10.8. The summed E-state index contributed by atoms with van der Waals surface area (Å²) >= 11 is 1.70. The Balaban J connectivity index is 1.74. The molecular weight excluding hydrogens is 254 g/mol. The Hall–Kier alpha value is -1.78. The van der Waals surface area contributed by atoms with Crippen molar-refractivity contribution in [3.8, 4) is 0 Å². The first-order valence-electron chi connectivity index (χ1n) is 6.27. The van der Waals surface area contributed by atoms with Gasteiger partial charge in [-0.1, -0.05) is 24.3 Å². The van der Waals surface area contributed by atoms with Crippen molar-refractivity contribution in [2.45, 2.75) is 20.0 Å². The molecular formula is C15H15N3S. The second-order valence-electron chi connectivity index (χ2n) is 4.46. The van der Waals surface area contributed by atoms with E-state index in [1.54, 1.807) is 11.3 Å². The Labute approximate surface area is 116 Å². The third-order valence-corrected chi connectivity index (χ3v) is 4.10. The van der Waals surface area contributed by atoms with Crippen molar-refractivity contribution in [2.24, 2.45) is 0 Å². The Morgan fingerprint density at radius 3 is 2.84 bits per heavy atom. The lowest BCUT2D eigenvalue weighted by Crippen LogP contribution is -2.13. The van der Waals surface area contributed by atoms with Crippen LogP contribution in [0.4, 0.5) is 0 Å². The van der Waals surface area contributed by atoms with Gasteiger partial charge < -0.3 is 5.32 Å². The molecule has 0 amide bonds. The first-order chi connectivity index (χ1) is 9.34. The molecule has 2 aromatic heterocycles. The predicted molar refractivity (Wildman–Crippen MR) is 79.1 cm³/mol. The molecule has 0 radical (unpaired) electrons. The van der Waals surface area contributed by atoms with E-state index in [2.05, 4.69) is 39.6 Å². The fourth-order valence-corrected chi connectivity index (χ4v) is 2.86. The highest BCUT2D eigenvalue weighted by Gasteiger charge is 2.03. The molecule has 3 nitrogen and oxygen atoms in total. The maximum atomic E-state index is 4.46. The van der Waals surface area contributed by atoms with Gasteiger partial charge in [0, 0.05) is 29.5 Å². The van der Waals surface area contributed by atoms with Crippen molar-refractivity contribution in [1.82, 2.24) is 15.3 Å². The first kappa shape index (κ1) is 12.3. The summed E-state index contributed by atoms with van der Waals surface area (Å²) in [6.45, 7) is 3.73. The summed E-state index contributed by atoms with van der Waals surface area (Å²) in [6.07, 6.45) is 1.85.